The van der Waals surface area contributed by atoms with Gasteiger partial charge in [0.2, 0.25) is 0 Å². The maximum Gasteiger partial charge on any atom is 0.253 e. The van der Waals surface area contributed by atoms with Crippen LogP contribution in [0.4, 0.5) is 0 Å². The minimum atomic E-state index is -0.00391. The van der Waals surface area contributed by atoms with Gasteiger partial charge in [-0.1, -0.05) is 23.7 Å². The van der Waals surface area contributed by atoms with Gasteiger partial charge in [-0.25, -0.2) is 4.98 Å². The number of benzene rings is 1. The number of aromatic nitrogens is 1. The minimum Gasteiger partial charge on any atom is -0.345 e. The maximum absolute atomic E-state index is 11.7. The third-order valence-electron chi connectivity index (χ3n) is 2.60. The van der Waals surface area contributed by atoms with Gasteiger partial charge in [0, 0.05) is 31.4 Å². The molecule has 18 heavy (non-hydrogen) atoms. The summed E-state index contributed by atoms with van der Waals surface area (Å²) in [6.45, 7) is 0. The highest BCUT2D eigenvalue weighted by Gasteiger charge is 2.07. The van der Waals surface area contributed by atoms with Crippen LogP contribution in [0.25, 0.3) is 11.1 Å². The number of carbonyl (C=O) groups excluding carboxylic acids is 1. The van der Waals surface area contributed by atoms with Crippen LogP contribution >= 0.6 is 11.6 Å². The molecule has 1 amide bonds. The van der Waals surface area contributed by atoms with E-state index in [0.717, 1.165) is 11.1 Å². The zero-order valence-corrected chi connectivity index (χ0v) is 11.0. The van der Waals surface area contributed by atoms with Crippen molar-refractivity contribution < 1.29 is 4.79 Å². The van der Waals surface area contributed by atoms with Crippen LogP contribution in [0.15, 0.2) is 42.6 Å². The summed E-state index contributed by atoms with van der Waals surface area (Å²) in [4.78, 5) is 17.3. The molecular weight excluding hydrogens is 248 g/mol. The first kappa shape index (κ1) is 12.6. The number of carbonyl (C=O) groups is 1. The molecule has 0 radical (unpaired) electrons. The fraction of sp³-hybridized carbons (Fsp3) is 0.143. The molecule has 0 N–H and O–H groups in total. The molecule has 0 unspecified atom stereocenters. The van der Waals surface area contributed by atoms with E-state index in [1.807, 2.05) is 30.3 Å². The number of halogens is 1. The summed E-state index contributed by atoms with van der Waals surface area (Å²) in [7, 11) is 3.47. The summed E-state index contributed by atoms with van der Waals surface area (Å²) in [6, 6.07) is 11.1. The molecule has 1 aromatic carbocycles. The largest absolute Gasteiger partial charge is 0.345 e. The van der Waals surface area contributed by atoms with Crippen LogP contribution < -0.4 is 0 Å². The Kier molecular flexibility index (Phi) is 3.63. The van der Waals surface area contributed by atoms with Crippen LogP contribution in [0.5, 0.6) is 0 Å². The molecule has 4 heteroatoms. The lowest BCUT2D eigenvalue weighted by Gasteiger charge is -2.10. The van der Waals surface area contributed by atoms with Crippen LogP contribution in [0.1, 0.15) is 10.4 Å². The number of hydrogen-bond donors (Lipinski definition) is 0. The van der Waals surface area contributed by atoms with Gasteiger partial charge < -0.3 is 4.90 Å². The second-order valence-corrected chi connectivity index (χ2v) is 4.53. The highest BCUT2D eigenvalue weighted by Crippen LogP contribution is 2.20. The Hall–Kier alpha value is -1.87. The molecule has 92 valence electrons. The molecule has 0 aliphatic carbocycles. The van der Waals surface area contributed by atoms with E-state index in [9.17, 15) is 4.79 Å². The summed E-state index contributed by atoms with van der Waals surface area (Å²) in [5, 5.41) is 0.471. The molecule has 0 bridgehead atoms. The lowest BCUT2D eigenvalue weighted by atomic mass is 10.1. The fourth-order valence-corrected chi connectivity index (χ4v) is 1.72. The van der Waals surface area contributed by atoms with Gasteiger partial charge in [0.05, 0.1) is 0 Å². The van der Waals surface area contributed by atoms with Crippen molar-refractivity contribution in [2.45, 2.75) is 0 Å². The van der Waals surface area contributed by atoms with E-state index in [0.29, 0.717) is 10.7 Å². The Morgan fingerprint density at radius 1 is 1.06 bits per heavy atom. The molecule has 2 aromatic rings. The quantitative estimate of drug-likeness (QED) is 0.778. The van der Waals surface area contributed by atoms with Gasteiger partial charge in [0.1, 0.15) is 5.15 Å². The molecular formula is C14H13ClN2O. The number of nitrogens with zero attached hydrogens (tertiary/aromatic N) is 2. The van der Waals surface area contributed by atoms with E-state index in [-0.39, 0.29) is 5.91 Å². The fourth-order valence-electron chi connectivity index (χ4n) is 1.61. The van der Waals surface area contributed by atoms with Crippen molar-refractivity contribution in [3.63, 3.8) is 0 Å². The van der Waals surface area contributed by atoms with E-state index in [1.165, 1.54) is 0 Å². The molecule has 0 saturated heterocycles. The van der Waals surface area contributed by atoms with Gasteiger partial charge in [0.15, 0.2) is 0 Å². The highest BCUT2D eigenvalue weighted by atomic mass is 35.5. The van der Waals surface area contributed by atoms with Crippen LogP contribution in [-0.4, -0.2) is 29.9 Å². The Labute approximate surface area is 111 Å². The molecule has 0 aliphatic heterocycles. The number of amides is 1. The van der Waals surface area contributed by atoms with E-state index in [2.05, 4.69) is 4.98 Å². The average Bonchev–Trinajstić information content (AvgIpc) is 2.39. The number of pyridine rings is 1. The van der Waals surface area contributed by atoms with Gasteiger partial charge in [-0.3, -0.25) is 4.79 Å². The first-order valence-electron chi connectivity index (χ1n) is 5.51. The Morgan fingerprint density at radius 3 is 2.17 bits per heavy atom. The van der Waals surface area contributed by atoms with Gasteiger partial charge in [0.25, 0.3) is 5.91 Å². The Balaban J connectivity index is 2.27. The second kappa shape index (κ2) is 5.19. The Bertz CT molecular complexity index is 547. The zero-order chi connectivity index (χ0) is 13.1. The summed E-state index contributed by atoms with van der Waals surface area (Å²) >= 11 is 5.74. The monoisotopic (exact) mass is 260 g/mol. The minimum absolute atomic E-state index is 0.00391. The van der Waals surface area contributed by atoms with Crippen molar-refractivity contribution in [2.24, 2.45) is 0 Å². The van der Waals surface area contributed by atoms with Crippen molar-refractivity contribution >= 4 is 17.5 Å². The standard InChI is InChI=1S/C14H13ClN2O/c1-17(2)14(18)11-5-3-10(4-6-11)12-7-8-13(15)16-9-12/h3-9H,1-2H3. The molecule has 0 saturated carbocycles. The summed E-state index contributed by atoms with van der Waals surface area (Å²) in [5.74, 6) is -0.00391. The van der Waals surface area contributed by atoms with Gasteiger partial charge in [-0.05, 0) is 29.8 Å². The first-order chi connectivity index (χ1) is 8.58. The van der Waals surface area contributed by atoms with Crippen molar-refractivity contribution in [3.8, 4) is 11.1 Å². The molecule has 0 aliphatic rings. The zero-order valence-electron chi connectivity index (χ0n) is 10.2. The van der Waals surface area contributed by atoms with Crippen molar-refractivity contribution in [3.05, 3.63) is 53.3 Å². The van der Waals surface area contributed by atoms with Crippen molar-refractivity contribution in [1.29, 1.82) is 0 Å². The lowest BCUT2D eigenvalue weighted by Crippen LogP contribution is -2.21. The van der Waals surface area contributed by atoms with E-state index in [1.54, 1.807) is 31.3 Å². The molecule has 0 fully saturated rings. The van der Waals surface area contributed by atoms with E-state index >= 15 is 0 Å². The molecule has 0 atom stereocenters. The number of rotatable bonds is 2. The normalized spacial score (nSPS) is 10.2. The molecule has 1 heterocycles. The lowest BCUT2D eigenvalue weighted by molar-refractivity contribution is 0.0827. The summed E-state index contributed by atoms with van der Waals surface area (Å²) in [5.41, 5.74) is 2.66. The molecule has 2 rings (SSSR count). The van der Waals surface area contributed by atoms with Crippen LogP contribution in [0.3, 0.4) is 0 Å². The van der Waals surface area contributed by atoms with Gasteiger partial charge in [-0.15, -0.1) is 0 Å². The van der Waals surface area contributed by atoms with Crippen LogP contribution in [0, 0.1) is 0 Å². The Morgan fingerprint density at radius 2 is 1.67 bits per heavy atom. The van der Waals surface area contributed by atoms with Gasteiger partial charge in [-0.2, -0.15) is 0 Å². The van der Waals surface area contributed by atoms with E-state index in [4.69, 9.17) is 11.6 Å². The van der Waals surface area contributed by atoms with Crippen molar-refractivity contribution in [2.75, 3.05) is 14.1 Å². The smallest absolute Gasteiger partial charge is 0.253 e. The van der Waals surface area contributed by atoms with Crippen LogP contribution in [0.2, 0.25) is 5.15 Å². The summed E-state index contributed by atoms with van der Waals surface area (Å²) < 4.78 is 0. The molecule has 3 nitrogen and oxygen atoms in total. The molecule has 1 aromatic heterocycles. The van der Waals surface area contributed by atoms with Gasteiger partial charge >= 0.3 is 0 Å². The van der Waals surface area contributed by atoms with Crippen LogP contribution in [-0.2, 0) is 0 Å². The summed E-state index contributed by atoms with van der Waals surface area (Å²) in [6.07, 6.45) is 1.71. The predicted octanol–water partition coefficient (Wildman–Crippen LogP) is 3.10. The third-order valence-corrected chi connectivity index (χ3v) is 2.82. The predicted molar refractivity (Wildman–Crippen MR) is 72.7 cm³/mol. The second-order valence-electron chi connectivity index (χ2n) is 4.15. The maximum atomic E-state index is 11.7. The van der Waals surface area contributed by atoms with Crippen molar-refractivity contribution in [1.82, 2.24) is 9.88 Å². The highest BCUT2D eigenvalue weighted by molar-refractivity contribution is 6.29. The number of hydrogen-bond acceptors (Lipinski definition) is 2. The van der Waals surface area contributed by atoms with E-state index < -0.39 is 0 Å². The molecule has 0 spiro atoms. The first-order valence-corrected chi connectivity index (χ1v) is 5.89. The average molecular weight is 261 g/mol. The topological polar surface area (TPSA) is 33.2 Å². The third kappa shape index (κ3) is 2.68. The SMILES string of the molecule is CN(C)C(=O)c1ccc(-c2ccc(Cl)nc2)cc1.